The van der Waals surface area contributed by atoms with Crippen LogP contribution in [0.15, 0.2) is 66.9 Å². The normalized spacial score (nSPS) is 12.3. The molecule has 0 aliphatic carbocycles. The first-order chi connectivity index (χ1) is 13.9. The number of nitrogens with one attached hydrogen (secondary N) is 1. The van der Waals surface area contributed by atoms with Gasteiger partial charge in [-0.1, -0.05) is 62.4 Å². The SMILES string of the molecule is CC(C)[C@@H](C)NC(=O)CN(C)Cc1cn(-c2ccccc2)nc1-c1ccccc1. The van der Waals surface area contributed by atoms with Gasteiger partial charge in [0.15, 0.2) is 0 Å². The van der Waals surface area contributed by atoms with Crippen molar-refractivity contribution in [2.45, 2.75) is 33.4 Å². The molecule has 0 unspecified atom stereocenters. The van der Waals surface area contributed by atoms with Crippen LogP contribution >= 0.6 is 0 Å². The third-order valence-electron chi connectivity index (χ3n) is 5.10. The minimum absolute atomic E-state index is 0.0467. The zero-order valence-electron chi connectivity index (χ0n) is 17.7. The number of likely N-dealkylation sites (N-methyl/N-ethyl adjacent to an activating group) is 1. The Labute approximate surface area is 173 Å². The number of carbonyl (C=O) groups is 1. The summed E-state index contributed by atoms with van der Waals surface area (Å²) in [5.41, 5.74) is 4.12. The minimum Gasteiger partial charge on any atom is -0.352 e. The minimum atomic E-state index is 0.0467. The lowest BCUT2D eigenvalue weighted by Crippen LogP contribution is -2.41. The van der Waals surface area contributed by atoms with E-state index >= 15 is 0 Å². The molecule has 2 aromatic carbocycles. The second-order valence-electron chi connectivity index (χ2n) is 7.92. The number of nitrogens with zero attached hydrogens (tertiary/aromatic N) is 3. The summed E-state index contributed by atoms with van der Waals surface area (Å²) < 4.78 is 1.91. The van der Waals surface area contributed by atoms with E-state index in [-0.39, 0.29) is 11.9 Å². The number of hydrogen-bond acceptors (Lipinski definition) is 3. The Morgan fingerprint density at radius 3 is 2.28 bits per heavy atom. The molecule has 3 rings (SSSR count). The fourth-order valence-corrected chi connectivity index (χ4v) is 3.14. The van der Waals surface area contributed by atoms with Gasteiger partial charge < -0.3 is 5.32 Å². The van der Waals surface area contributed by atoms with Crippen molar-refractivity contribution in [3.05, 3.63) is 72.4 Å². The lowest BCUT2D eigenvalue weighted by atomic mass is 10.1. The van der Waals surface area contributed by atoms with E-state index in [1.54, 1.807) is 0 Å². The van der Waals surface area contributed by atoms with Crippen molar-refractivity contribution in [3.63, 3.8) is 0 Å². The Bertz CT molecular complexity index is 919. The van der Waals surface area contributed by atoms with Gasteiger partial charge in [-0.2, -0.15) is 5.10 Å². The van der Waals surface area contributed by atoms with Gasteiger partial charge in [-0.05, 0) is 32.0 Å². The van der Waals surface area contributed by atoms with E-state index in [1.165, 1.54) is 0 Å². The molecule has 1 heterocycles. The molecule has 0 fully saturated rings. The molecule has 1 amide bonds. The molecule has 3 aromatic rings. The van der Waals surface area contributed by atoms with Crippen LogP contribution in [0.2, 0.25) is 0 Å². The third-order valence-corrected chi connectivity index (χ3v) is 5.10. The van der Waals surface area contributed by atoms with Crippen molar-refractivity contribution < 1.29 is 4.79 Å². The van der Waals surface area contributed by atoms with Gasteiger partial charge in [-0.25, -0.2) is 4.68 Å². The molecule has 5 nitrogen and oxygen atoms in total. The summed E-state index contributed by atoms with van der Waals surface area (Å²) >= 11 is 0. The summed E-state index contributed by atoms with van der Waals surface area (Å²) in [5.74, 6) is 0.462. The Morgan fingerprint density at radius 2 is 1.66 bits per heavy atom. The van der Waals surface area contributed by atoms with Crippen LogP contribution in [0.5, 0.6) is 0 Å². The molecule has 0 spiro atoms. The number of carbonyl (C=O) groups excluding carboxylic acids is 1. The Morgan fingerprint density at radius 1 is 1.03 bits per heavy atom. The first-order valence-corrected chi connectivity index (χ1v) is 10.1. The predicted octanol–water partition coefficient (Wildman–Crippen LogP) is 4.13. The van der Waals surface area contributed by atoms with E-state index in [0.29, 0.717) is 19.0 Å². The molecule has 0 radical (unpaired) electrons. The van der Waals surface area contributed by atoms with Crippen molar-refractivity contribution >= 4 is 5.91 Å². The summed E-state index contributed by atoms with van der Waals surface area (Å²) in [4.78, 5) is 14.4. The largest absolute Gasteiger partial charge is 0.352 e. The van der Waals surface area contributed by atoms with Crippen LogP contribution < -0.4 is 5.32 Å². The van der Waals surface area contributed by atoms with Gasteiger partial charge in [0, 0.05) is 29.9 Å². The number of rotatable bonds is 8. The maximum Gasteiger partial charge on any atom is 0.234 e. The molecular weight excluding hydrogens is 360 g/mol. The highest BCUT2D eigenvalue weighted by atomic mass is 16.2. The molecule has 0 bridgehead atoms. The van der Waals surface area contributed by atoms with Crippen LogP contribution in [0.25, 0.3) is 16.9 Å². The molecule has 1 N–H and O–H groups in total. The van der Waals surface area contributed by atoms with Gasteiger partial charge in [0.25, 0.3) is 0 Å². The molecule has 0 aliphatic rings. The quantitative estimate of drug-likeness (QED) is 0.629. The molecule has 5 heteroatoms. The molecule has 0 saturated heterocycles. The zero-order valence-corrected chi connectivity index (χ0v) is 17.7. The van der Waals surface area contributed by atoms with Gasteiger partial charge in [0.2, 0.25) is 5.91 Å². The summed E-state index contributed by atoms with van der Waals surface area (Å²) in [6.07, 6.45) is 2.06. The molecule has 1 atom stereocenters. The zero-order chi connectivity index (χ0) is 20.8. The van der Waals surface area contributed by atoms with E-state index in [2.05, 4.69) is 37.5 Å². The fraction of sp³-hybridized carbons (Fsp3) is 0.333. The third kappa shape index (κ3) is 5.55. The first kappa shape index (κ1) is 20.8. The molecule has 0 saturated carbocycles. The van der Waals surface area contributed by atoms with Gasteiger partial charge >= 0.3 is 0 Å². The monoisotopic (exact) mass is 390 g/mol. The lowest BCUT2D eigenvalue weighted by Gasteiger charge is -2.21. The van der Waals surface area contributed by atoms with Gasteiger partial charge in [-0.15, -0.1) is 0 Å². The van der Waals surface area contributed by atoms with Crippen molar-refractivity contribution in [1.29, 1.82) is 0 Å². The van der Waals surface area contributed by atoms with Crippen molar-refractivity contribution in [2.75, 3.05) is 13.6 Å². The highest BCUT2D eigenvalue weighted by Gasteiger charge is 2.17. The van der Waals surface area contributed by atoms with Crippen molar-refractivity contribution in [2.24, 2.45) is 5.92 Å². The van der Waals surface area contributed by atoms with Crippen LogP contribution in [0.1, 0.15) is 26.3 Å². The average Bonchev–Trinajstić information content (AvgIpc) is 3.12. The highest BCUT2D eigenvalue weighted by Crippen LogP contribution is 2.24. The summed E-state index contributed by atoms with van der Waals surface area (Å²) in [6.45, 7) is 7.25. The second-order valence-corrected chi connectivity index (χ2v) is 7.92. The maximum atomic E-state index is 12.4. The molecule has 0 aliphatic heterocycles. The summed E-state index contributed by atoms with van der Waals surface area (Å²) in [7, 11) is 1.97. The van der Waals surface area contributed by atoms with Gasteiger partial charge in [0.1, 0.15) is 0 Å². The number of amides is 1. The van der Waals surface area contributed by atoms with E-state index in [9.17, 15) is 4.79 Å². The summed E-state index contributed by atoms with van der Waals surface area (Å²) in [5, 5.41) is 7.92. The standard InChI is InChI=1S/C24H30N4O/c1-18(2)19(3)25-23(29)17-27(4)15-21-16-28(22-13-9-6-10-14-22)26-24(21)20-11-7-5-8-12-20/h5-14,16,18-19H,15,17H2,1-4H3,(H,25,29)/t19-/m1/s1. The fourth-order valence-electron chi connectivity index (χ4n) is 3.14. The molecule has 1 aromatic heterocycles. The Balaban J connectivity index is 1.80. The average molecular weight is 391 g/mol. The van der Waals surface area contributed by atoms with E-state index in [0.717, 1.165) is 22.5 Å². The van der Waals surface area contributed by atoms with Gasteiger partial charge in [0.05, 0.1) is 17.9 Å². The van der Waals surface area contributed by atoms with Crippen molar-refractivity contribution in [1.82, 2.24) is 20.0 Å². The molecule has 29 heavy (non-hydrogen) atoms. The van der Waals surface area contributed by atoms with E-state index < -0.39 is 0 Å². The van der Waals surface area contributed by atoms with Crippen LogP contribution in [0.4, 0.5) is 0 Å². The Kier molecular flexibility index (Phi) is 6.83. The molecule has 152 valence electrons. The smallest absolute Gasteiger partial charge is 0.234 e. The predicted molar refractivity (Wildman–Crippen MR) is 118 cm³/mol. The van der Waals surface area contributed by atoms with Crippen LogP contribution in [0.3, 0.4) is 0 Å². The Hall–Kier alpha value is -2.92. The lowest BCUT2D eigenvalue weighted by molar-refractivity contribution is -0.122. The van der Waals surface area contributed by atoms with Crippen LogP contribution in [-0.4, -0.2) is 40.2 Å². The van der Waals surface area contributed by atoms with E-state index in [1.807, 2.05) is 72.1 Å². The maximum absolute atomic E-state index is 12.4. The topological polar surface area (TPSA) is 50.2 Å². The van der Waals surface area contributed by atoms with Crippen LogP contribution in [0, 0.1) is 5.92 Å². The van der Waals surface area contributed by atoms with Crippen LogP contribution in [-0.2, 0) is 11.3 Å². The highest BCUT2D eigenvalue weighted by molar-refractivity contribution is 5.78. The number of para-hydroxylation sites is 1. The number of hydrogen-bond donors (Lipinski definition) is 1. The number of aromatic nitrogens is 2. The van der Waals surface area contributed by atoms with E-state index in [4.69, 9.17) is 5.10 Å². The van der Waals surface area contributed by atoms with Crippen molar-refractivity contribution in [3.8, 4) is 16.9 Å². The summed E-state index contributed by atoms with van der Waals surface area (Å²) in [6, 6.07) is 20.4. The first-order valence-electron chi connectivity index (χ1n) is 10.1. The number of benzene rings is 2. The second kappa shape index (κ2) is 9.52. The van der Waals surface area contributed by atoms with Gasteiger partial charge in [-0.3, -0.25) is 9.69 Å². The molecular formula is C24H30N4O.